The van der Waals surface area contributed by atoms with E-state index in [1.54, 1.807) is 4.90 Å². The predicted octanol–water partition coefficient (Wildman–Crippen LogP) is 3.13. The number of aromatic nitrogens is 3. The summed E-state index contributed by atoms with van der Waals surface area (Å²) >= 11 is 0. The van der Waals surface area contributed by atoms with Gasteiger partial charge in [-0.1, -0.05) is 23.4 Å². The number of likely N-dealkylation sites (tertiary alicyclic amines) is 1. The van der Waals surface area contributed by atoms with Crippen molar-refractivity contribution < 1.29 is 18.4 Å². The number of nitrogens with zero attached hydrogens (tertiary/aromatic N) is 4. The van der Waals surface area contributed by atoms with Crippen molar-refractivity contribution in [1.82, 2.24) is 20.0 Å². The van der Waals surface area contributed by atoms with Gasteiger partial charge >= 0.3 is 0 Å². The first kappa shape index (κ1) is 19.2. The third-order valence-electron chi connectivity index (χ3n) is 4.84. The molecule has 4 rings (SSSR count). The van der Waals surface area contributed by atoms with Crippen molar-refractivity contribution in [2.45, 2.75) is 25.4 Å². The standard InChI is InChI=1S/C21H21FN4O3/c22-16-6-7-18(23-14-16)21(27)26-11-8-17(9-12-26)28-13-10-19-24-20(29-25-19)15-4-2-1-3-5-15/h1-7,14,17H,8-13H2. The first-order chi connectivity index (χ1) is 14.2. The van der Waals surface area contributed by atoms with Crippen molar-refractivity contribution in [3.63, 3.8) is 0 Å². The zero-order valence-corrected chi connectivity index (χ0v) is 15.8. The third kappa shape index (κ3) is 4.83. The fourth-order valence-electron chi connectivity index (χ4n) is 3.26. The maximum Gasteiger partial charge on any atom is 0.272 e. The molecule has 1 aromatic carbocycles. The van der Waals surface area contributed by atoms with Crippen LogP contribution in [0, 0.1) is 5.82 Å². The maximum atomic E-state index is 13.0. The van der Waals surface area contributed by atoms with Crippen LogP contribution < -0.4 is 0 Å². The van der Waals surface area contributed by atoms with Crippen LogP contribution in [0.1, 0.15) is 29.2 Å². The molecular weight excluding hydrogens is 375 g/mol. The molecule has 0 atom stereocenters. The molecule has 7 nitrogen and oxygen atoms in total. The number of amides is 1. The minimum Gasteiger partial charge on any atom is -0.378 e. The molecule has 0 N–H and O–H groups in total. The summed E-state index contributed by atoms with van der Waals surface area (Å²) in [6.45, 7) is 1.66. The normalized spacial score (nSPS) is 14.9. The van der Waals surface area contributed by atoms with E-state index in [0.29, 0.717) is 37.8 Å². The van der Waals surface area contributed by atoms with E-state index in [4.69, 9.17) is 9.26 Å². The van der Waals surface area contributed by atoms with Crippen LogP contribution in [0.4, 0.5) is 4.39 Å². The lowest BCUT2D eigenvalue weighted by Gasteiger charge is -2.31. The van der Waals surface area contributed by atoms with Crippen molar-refractivity contribution in [1.29, 1.82) is 0 Å². The van der Waals surface area contributed by atoms with Crippen molar-refractivity contribution in [2.24, 2.45) is 0 Å². The summed E-state index contributed by atoms with van der Waals surface area (Å²) in [5.74, 6) is 0.482. The quantitative estimate of drug-likeness (QED) is 0.637. The van der Waals surface area contributed by atoms with Gasteiger partial charge in [0.2, 0.25) is 0 Å². The van der Waals surface area contributed by atoms with Crippen LogP contribution >= 0.6 is 0 Å². The molecule has 3 heterocycles. The highest BCUT2D eigenvalue weighted by atomic mass is 19.1. The number of piperidine rings is 1. The van der Waals surface area contributed by atoms with E-state index in [2.05, 4.69) is 15.1 Å². The molecule has 0 unspecified atom stereocenters. The molecule has 0 aliphatic carbocycles. The van der Waals surface area contributed by atoms with Gasteiger partial charge < -0.3 is 14.2 Å². The van der Waals surface area contributed by atoms with E-state index in [0.717, 1.165) is 24.6 Å². The summed E-state index contributed by atoms with van der Waals surface area (Å²) < 4.78 is 24.2. The number of hydrogen-bond donors (Lipinski definition) is 0. The summed E-state index contributed by atoms with van der Waals surface area (Å²) in [4.78, 5) is 22.4. The first-order valence-electron chi connectivity index (χ1n) is 9.59. The number of hydrogen-bond acceptors (Lipinski definition) is 6. The van der Waals surface area contributed by atoms with Crippen molar-refractivity contribution >= 4 is 5.91 Å². The second kappa shape index (κ2) is 8.91. The lowest BCUT2D eigenvalue weighted by Crippen LogP contribution is -2.41. The molecule has 0 bridgehead atoms. The zero-order chi connectivity index (χ0) is 20.1. The topological polar surface area (TPSA) is 81.4 Å². The number of ether oxygens (including phenoxy) is 1. The van der Waals surface area contributed by atoms with Gasteiger partial charge in [-0.05, 0) is 37.1 Å². The van der Waals surface area contributed by atoms with Gasteiger partial charge in [0.1, 0.15) is 11.5 Å². The fraction of sp³-hybridized carbons (Fsp3) is 0.333. The summed E-state index contributed by atoms with van der Waals surface area (Å²) in [5.41, 5.74) is 1.15. The second-order valence-electron chi connectivity index (χ2n) is 6.86. The van der Waals surface area contributed by atoms with Crippen molar-refractivity contribution in [3.05, 3.63) is 66.0 Å². The Morgan fingerprint density at radius 1 is 1.17 bits per heavy atom. The Kier molecular flexibility index (Phi) is 5.90. The summed E-state index contributed by atoms with van der Waals surface area (Å²) in [6, 6.07) is 12.3. The van der Waals surface area contributed by atoms with Crippen molar-refractivity contribution in [3.8, 4) is 11.5 Å². The molecule has 0 spiro atoms. The Morgan fingerprint density at radius 3 is 2.69 bits per heavy atom. The van der Waals surface area contributed by atoms with E-state index in [9.17, 15) is 9.18 Å². The fourth-order valence-corrected chi connectivity index (χ4v) is 3.26. The number of benzene rings is 1. The van der Waals surface area contributed by atoms with Crippen LogP contribution in [-0.4, -0.2) is 51.7 Å². The third-order valence-corrected chi connectivity index (χ3v) is 4.84. The Morgan fingerprint density at radius 2 is 1.97 bits per heavy atom. The Balaban J connectivity index is 1.21. The maximum absolute atomic E-state index is 13.0. The summed E-state index contributed by atoms with van der Waals surface area (Å²) in [7, 11) is 0. The van der Waals surface area contributed by atoms with Gasteiger partial charge in [0.15, 0.2) is 5.82 Å². The smallest absolute Gasteiger partial charge is 0.272 e. The van der Waals surface area contributed by atoms with Gasteiger partial charge in [-0.2, -0.15) is 4.98 Å². The molecule has 1 aliphatic heterocycles. The summed E-state index contributed by atoms with van der Waals surface area (Å²) in [5, 5.41) is 4.00. The number of carbonyl (C=O) groups excluding carboxylic acids is 1. The Labute approximate surface area is 167 Å². The van der Waals surface area contributed by atoms with Gasteiger partial charge in [-0.25, -0.2) is 9.37 Å². The van der Waals surface area contributed by atoms with E-state index >= 15 is 0 Å². The van der Waals surface area contributed by atoms with Gasteiger partial charge in [-0.15, -0.1) is 0 Å². The molecule has 1 amide bonds. The molecule has 150 valence electrons. The molecule has 0 radical (unpaired) electrons. The summed E-state index contributed by atoms with van der Waals surface area (Å²) in [6.07, 6.45) is 3.20. The van der Waals surface area contributed by atoms with Gasteiger partial charge in [0.25, 0.3) is 11.8 Å². The van der Waals surface area contributed by atoms with Crippen LogP contribution in [-0.2, 0) is 11.2 Å². The highest BCUT2D eigenvalue weighted by molar-refractivity contribution is 5.92. The molecule has 1 aliphatic rings. The highest BCUT2D eigenvalue weighted by Gasteiger charge is 2.24. The Bertz CT molecular complexity index is 938. The minimum absolute atomic E-state index is 0.0840. The second-order valence-corrected chi connectivity index (χ2v) is 6.86. The number of halogens is 1. The van der Waals surface area contributed by atoms with E-state index in [1.165, 1.54) is 12.1 Å². The molecule has 1 fully saturated rings. The average Bonchev–Trinajstić information content (AvgIpc) is 3.24. The lowest BCUT2D eigenvalue weighted by molar-refractivity contribution is 0.00931. The van der Waals surface area contributed by atoms with Gasteiger partial charge in [-0.3, -0.25) is 4.79 Å². The van der Waals surface area contributed by atoms with E-state index in [-0.39, 0.29) is 17.7 Å². The Hall–Kier alpha value is -3.13. The number of pyridine rings is 1. The molecule has 29 heavy (non-hydrogen) atoms. The van der Waals surface area contributed by atoms with Crippen LogP contribution in [0.5, 0.6) is 0 Å². The van der Waals surface area contributed by atoms with Gasteiger partial charge in [0.05, 0.1) is 18.9 Å². The minimum atomic E-state index is -0.453. The molecule has 0 saturated carbocycles. The predicted molar refractivity (Wildman–Crippen MR) is 103 cm³/mol. The SMILES string of the molecule is O=C(c1ccc(F)cn1)N1CCC(OCCc2noc(-c3ccccc3)n2)CC1. The van der Waals surface area contributed by atoms with Crippen molar-refractivity contribution in [2.75, 3.05) is 19.7 Å². The zero-order valence-electron chi connectivity index (χ0n) is 15.8. The van der Waals surface area contributed by atoms with E-state index in [1.807, 2.05) is 30.3 Å². The molecular formula is C21H21FN4O3. The number of rotatable bonds is 6. The van der Waals surface area contributed by atoms with Crippen LogP contribution in [0.3, 0.4) is 0 Å². The largest absolute Gasteiger partial charge is 0.378 e. The average molecular weight is 396 g/mol. The first-order valence-corrected chi connectivity index (χ1v) is 9.59. The van der Waals surface area contributed by atoms with Gasteiger partial charge in [0, 0.05) is 25.1 Å². The molecule has 2 aromatic heterocycles. The lowest BCUT2D eigenvalue weighted by atomic mass is 10.1. The molecule has 1 saturated heterocycles. The number of carbonyl (C=O) groups is 1. The molecule has 8 heteroatoms. The van der Waals surface area contributed by atoms with E-state index < -0.39 is 5.82 Å². The highest BCUT2D eigenvalue weighted by Crippen LogP contribution is 2.18. The van der Waals surface area contributed by atoms with Crippen LogP contribution in [0.15, 0.2) is 53.2 Å². The van der Waals surface area contributed by atoms with Crippen LogP contribution in [0.2, 0.25) is 0 Å². The monoisotopic (exact) mass is 396 g/mol. The van der Waals surface area contributed by atoms with Crippen LogP contribution in [0.25, 0.3) is 11.5 Å². The molecule has 3 aromatic rings.